The van der Waals surface area contributed by atoms with Crippen LogP contribution in [0.2, 0.25) is 0 Å². The second-order valence-corrected chi connectivity index (χ2v) is 6.42. The van der Waals surface area contributed by atoms with E-state index in [4.69, 9.17) is 9.15 Å². The van der Waals surface area contributed by atoms with E-state index in [-0.39, 0.29) is 5.97 Å². The molecule has 3 aliphatic carbocycles. The van der Waals surface area contributed by atoms with E-state index in [0.29, 0.717) is 24.7 Å². The van der Waals surface area contributed by atoms with Crippen molar-refractivity contribution < 1.29 is 13.9 Å². The summed E-state index contributed by atoms with van der Waals surface area (Å²) >= 11 is 0. The molecule has 0 spiro atoms. The zero-order valence-corrected chi connectivity index (χ0v) is 12.1. The van der Waals surface area contributed by atoms with Crippen molar-refractivity contribution in [2.75, 3.05) is 6.61 Å². The molecule has 3 fully saturated rings. The number of carbonyl (C=O) groups is 1. The number of ether oxygens (including phenoxy) is 1. The lowest BCUT2D eigenvalue weighted by molar-refractivity contribution is 0.0486. The highest BCUT2D eigenvalue weighted by molar-refractivity contribution is 5.87. The smallest absolute Gasteiger partial charge is 0.376 e. The van der Waals surface area contributed by atoms with Crippen molar-refractivity contribution in [3.63, 3.8) is 0 Å². The van der Waals surface area contributed by atoms with Crippen LogP contribution in [0.3, 0.4) is 0 Å². The molecule has 1 heterocycles. The third kappa shape index (κ3) is 1.60. The monoisotopic (exact) mass is 275 g/mol. The summed E-state index contributed by atoms with van der Waals surface area (Å²) in [5, 5.41) is 0. The summed E-state index contributed by atoms with van der Waals surface area (Å²) < 4.78 is 10.9. The first-order valence-corrected chi connectivity index (χ1v) is 7.91. The second-order valence-electron chi connectivity index (χ2n) is 6.42. The number of aromatic nitrogens is 1. The van der Waals surface area contributed by atoms with E-state index in [1.807, 2.05) is 13.8 Å². The Morgan fingerprint density at radius 3 is 2.60 bits per heavy atom. The van der Waals surface area contributed by atoms with Crippen LogP contribution >= 0.6 is 0 Å². The second kappa shape index (κ2) is 4.34. The SMILES string of the molecule is CCOC(=O)c1oc(C2C3C4CCC(C4)C23)nc1CC. The van der Waals surface area contributed by atoms with Gasteiger partial charge in [0, 0.05) is 5.92 Å². The van der Waals surface area contributed by atoms with Gasteiger partial charge in [0.25, 0.3) is 0 Å². The zero-order chi connectivity index (χ0) is 13.9. The molecule has 3 aliphatic rings. The highest BCUT2D eigenvalue weighted by Gasteiger charge is 2.67. The number of nitrogens with zero attached hydrogens (tertiary/aromatic N) is 1. The molecule has 0 radical (unpaired) electrons. The minimum atomic E-state index is -0.364. The van der Waals surface area contributed by atoms with Crippen molar-refractivity contribution in [2.45, 2.75) is 45.4 Å². The van der Waals surface area contributed by atoms with Gasteiger partial charge in [-0.2, -0.15) is 0 Å². The Morgan fingerprint density at radius 1 is 1.30 bits per heavy atom. The predicted octanol–water partition coefficient (Wildman–Crippen LogP) is 3.17. The Labute approximate surface area is 118 Å². The van der Waals surface area contributed by atoms with Crippen LogP contribution in [0.25, 0.3) is 0 Å². The maximum atomic E-state index is 11.9. The first-order valence-electron chi connectivity index (χ1n) is 7.91. The first-order chi connectivity index (χ1) is 9.74. The molecule has 0 N–H and O–H groups in total. The van der Waals surface area contributed by atoms with Gasteiger partial charge in [-0.3, -0.25) is 0 Å². The highest BCUT2D eigenvalue weighted by atomic mass is 16.5. The first kappa shape index (κ1) is 12.4. The van der Waals surface area contributed by atoms with E-state index in [9.17, 15) is 4.79 Å². The molecule has 0 aliphatic heterocycles. The number of esters is 1. The summed E-state index contributed by atoms with van der Waals surface area (Å²) in [4.78, 5) is 16.5. The molecule has 1 aromatic heterocycles. The summed E-state index contributed by atoms with van der Waals surface area (Å²) in [6.07, 6.45) is 4.90. The molecule has 0 saturated heterocycles. The third-order valence-corrected chi connectivity index (χ3v) is 5.53. The van der Waals surface area contributed by atoms with E-state index >= 15 is 0 Å². The molecule has 4 heteroatoms. The van der Waals surface area contributed by atoms with Crippen LogP contribution < -0.4 is 0 Å². The molecule has 4 nitrogen and oxygen atoms in total. The normalized spacial score (nSPS) is 37.0. The minimum absolute atomic E-state index is 0.335. The van der Waals surface area contributed by atoms with Gasteiger partial charge in [-0.1, -0.05) is 6.92 Å². The van der Waals surface area contributed by atoms with Gasteiger partial charge in [-0.05, 0) is 56.3 Å². The van der Waals surface area contributed by atoms with Crippen LogP contribution in [0.4, 0.5) is 0 Å². The van der Waals surface area contributed by atoms with Gasteiger partial charge in [0.2, 0.25) is 5.76 Å². The average Bonchev–Trinajstić information content (AvgIpc) is 2.85. The molecule has 0 aromatic carbocycles. The number of carbonyl (C=O) groups excluding carboxylic acids is 1. The van der Waals surface area contributed by atoms with E-state index < -0.39 is 0 Å². The summed E-state index contributed by atoms with van der Waals surface area (Å²) in [6.45, 7) is 4.18. The minimum Gasteiger partial charge on any atom is -0.460 e. The molecule has 4 rings (SSSR count). The molecular formula is C16H21NO3. The predicted molar refractivity (Wildman–Crippen MR) is 72.4 cm³/mol. The lowest BCUT2D eigenvalue weighted by Gasteiger charge is -2.04. The number of fused-ring (bicyclic) bond motifs is 5. The van der Waals surface area contributed by atoms with E-state index in [1.54, 1.807) is 0 Å². The molecule has 20 heavy (non-hydrogen) atoms. The van der Waals surface area contributed by atoms with Crippen molar-refractivity contribution >= 4 is 5.97 Å². The summed E-state index contributed by atoms with van der Waals surface area (Å²) in [6, 6.07) is 0. The van der Waals surface area contributed by atoms with Crippen LogP contribution in [0.15, 0.2) is 4.42 Å². The maximum Gasteiger partial charge on any atom is 0.376 e. The zero-order valence-electron chi connectivity index (χ0n) is 12.1. The lowest BCUT2D eigenvalue weighted by atomic mass is 10.0. The summed E-state index contributed by atoms with van der Waals surface area (Å²) in [5.41, 5.74) is 0.760. The van der Waals surface area contributed by atoms with Crippen molar-refractivity contribution in [3.8, 4) is 0 Å². The number of oxazole rings is 1. The molecule has 0 amide bonds. The van der Waals surface area contributed by atoms with Gasteiger partial charge in [-0.25, -0.2) is 9.78 Å². The highest BCUT2D eigenvalue weighted by Crippen LogP contribution is 2.72. The number of aryl methyl sites for hydroxylation is 1. The van der Waals surface area contributed by atoms with E-state index in [2.05, 4.69) is 4.98 Å². The van der Waals surface area contributed by atoms with Crippen molar-refractivity contribution in [1.29, 1.82) is 0 Å². The van der Waals surface area contributed by atoms with Crippen LogP contribution in [-0.2, 0) is 11.2 Å². The molecule has 4 atom stereocenters. The van der Waals surface area contributed by atoms with Gasteiger partial charge >= 0.3 is 5.97 Å². The van der Waals surface area contributed by atoms with Crippen LogP contribution in [0.5, 0.6) is 0 Å². The molecule has 108 valence electrons. The van der Waals surface area contributed by atoms with Gasteiger partial charge in [0.05, 0.1) is 12.3 Å². The third-order valence-electron chi connectivity index (χ3n) is 5.53. The Morgan fingerprint density at radius 2 is 2.00 bits per heavy atom. The number of hydrogen-bond donors (Lipinski definition) is 0. The summed E-state index contributed by atoms with van der Waals surface area (Å²) in [5.74, 6) is 4.60. The fourth-order valence-corrected chi connectivity index (χ4v) is 4.76. The van der Waals surface area contributed by atoms with Gasteiger partial charge < -0.3 is 9.15 Å². The average molecular weight is 275 g/mol. The molecule has 2 bridgehead atoms. The van der Waals surface area contributed by atoms with Gasteiger partial charge in [-0.15, -0.1) is 0 Å². The maximum absolute atomic E-state index is 11.9. The standard InChI is InChI=1S/C16H21NO3/c1-3-10-14(16(18)19-4-2)20-15(17-10)13-11-8-5-6-9(7-8)12(11)13/h8-9,11-13H,3-7H2,1-2H3. The van der Waals surface area contributed by atoms with Crippen LogP contribution in [0, 0.1) is 23.7 Å². The fraction of sp³-hybridized carbons (Fsp3) is 0.750. The van der Waals surface area contributed by atoms with E-state index in [0.717, 1.165) is 35.3 Å². The van der Waals surface area contributed by atoms with Crippen LogP contribution in [-0.4, -0.2) is 17.6 Å². The molecule has 1 aromatic rings. The molecular weight excluding hydrogens is 254 g/mol. The van der Waals surface area contributed by atoms with Crippen molar-refractivity contribution in [2.24, 2.45) is 23.7 Å². The Bertz CT molecular complexity index is 534. The summed E-state index contributed by atoms with van der Waals surface area (Å²) in [7, 11) is 0. The topological polar surface area (TPSA) is 52.3 Å². The van der Waals surface area contributed by atoms with Crippen LogP contribution in [0.1, 0.15) is 61.2 Å². The van der Waals surface area contributed by atoms with E-state index in [1.165, 1.54) is 19.3 Å². The number of rotatable bonds is 4. The molecule has 4 unspecified atom stereocenters. The quantitative estimate of drug-likeness (QED) is 0.792. The fourth-order valence-electron chi connectivity index (χ4n) is 4.76. The largest absolute Gasteiger partial charge is 0.460 e. The van der Waals surface area contributed by atoms with Gasteiger partial charge in [0.15, 0.2) is 5.89 Å². The Kier molecular flexibility index (Phi) is 2.69. The number of hydrogen-bond acceptors (Lipinski definition) is 4. The Hall–Kier alpha value is -1.32. The Balaban J connectivity index is 1.60. The van der Waals surface area contributed by atoms with Gasteiger partial charge in [0.1, 0.15) is 0 Å². The molecule has 3 saturated carbocycles. The lowest BCUT2D eigenvalue weighted by Crippen LogP contribution is -2.05. The van der Waals surface area contributed by atoms with Crippen molar-refractivity contribution in [1.82, 2.24) is 4.98 Å². The van der Waals surface area contributed by atoms with Crippen molar-refractivity contribution in [3.05, 3.63) is 17.3 Å².